The van der Waals surface area contributed by atoms with Gasteiger partial charge in [0.05, 0.1) is 5.69 Å². The van der Waals surface area contributed by atoms with Crippen molar-refractivity contribution in [3.8, 4) is 0 Å². The molecule has 0 atom stereocenters. The summed E-state index contributed by atoms with van der Waals surface area (Å²) in [4.78, 5) is 11.6. The van der Waals surface area contributed by atoms with Gasteiger partial charge in [0.2, 0.25) is 0 Å². The van der Waals surface area contributed by atoms with E-state index in [4.69, 9.17) is 5.73 Å². The van der Waals surface area contributed by atoms with E-state index in [1.165, 1.54) is 6.07 Å². The summed E-state index contributed by atoms with van der Waals surface area (Å²) in [6.45, 7) is -0.441. The second kappa shape index (κ2) is 3.61. The van der Waals surface area contributed by atoms with Gasteiger partial charge >= 0.3 is 12.1 Å². The third-order valence-corrected chi connectivity index (χ3v) is 2.57. The molecule has 7 heteroatoms. The second-order valence-corrected chi connectivity index (χ2v) is 3.80. The molecule has 1 aliphatic rings. The number of nitrogen functional groups attached to an aromatic ring is 1. The zero-order valence-electron chi connectivity index (χ0n) is 8.51. The van der Waals surface area contributed by atoms with E-state index in [9.17, 15) is 22.4 Å². The van der Waals surface area contributed by atoms with Crippen molar-refractivity contribution in [3.05, 3.63) is 29.1 Å². The molecule has 0 spiro atoms. The number of hydrogen-bond donors (Lipinski definition) is 1. The van der Waals surface area contributed by atoms with Crippen LogP contribution in [0, 0.1) is 5.82 Å². The molecule has 2 N–H and O–H groups in total. The first-order valence-electron chi connectivity index (χ1n) is 4.72. The lowest BCUT2D eigenvalue weighted by molar-refractivity contribution is -0.186. The van der Waals surface area contributed by atoms with E-state index in [-0.39, 0.29) is 18.8 Å². The molecule has 0 aliphatic carbocycles. The molecule has 0 fully saturated rings. The molecule has 0 unspecified atom stereocenters. The van der Waals surface area contributed by atoms with Crippen LogP contribution in [0.1, 0.15) is 11.1 Å². The van der Waals surface area contributed by atoms with Gasteiger partial charge < -0.3 is 10.6 Å². The number of amides is 1. The lowest BCUT2D eigenvalue weighted by Gasteiger charge is -2.16. The summed E-state index contributed by atoms with van der Waals surface area (Å²) in [6.07, 6.45) is -4.91. The SMILES string of the molecule is Nc1cc2c(cc1F)CN(C(=O)C(F)(F)F)C2. The highest BCUT2D eigenvalue weighted by Crippen LogP contribution is 2.30. The fourth-order valence-electron chi connectivity index (χ4n) is 1.76. The van der Waals surface area contributed by atoms with Crippen molar-refractivity contribution in [2.45, 2.75) is 19.3 Å². The number of carbonyl (C=O) groups excluding carboxylic acids is 1. The first-order chi connectivity index (χ1) is 7.79. The van der Waals surface area contributed by atoms with Crippen molar-refractivity contribution in [2.24, 2.45) is 0 Å². The van der Waals surface area contributed by atoms with Gasteiger partial charge in [0.15, 0.2) is 0 Å². The Kier molecular flexibility index (Phi) is 2.48. The molecule has 92 valence electrons. The molecule has 1 amide bonds. The molecular weight excluding hydrogens is 240 g/mol. The summed E-state index contributed by atoms with van der Waals surface area (Å²) in [7, 11) is 0. The Labute approximate surface area is 93.8 Å². The van der Waals surface area contributed by atoms with E-state index in [0.717, 1.165) is 6.07 Å². The number of hydrogen-bond acceptors (Lipinski definition) is 2. The first kappa shape index (κ1) is 11.7. The number of benzene rings is 1. The van der Waals surface area contributed by atoms with Gasteiger partial charge in [-0.15, -0.1) is 0 Å². The molecule has 3 nitrogen and oxygen atoms in total. The molecule has 0 saturated carbocycles. The molecule has 0 bridgehead atoms. The van der Waals surface area contributed by atoms with Gasteiger partial charge in [-0.05, 0) is 23.3 Å². The number of alkyl halides is 3. The maximum atomic E-state index is 13.1. The number of rotatable bonds is 0. The number of halogens is 4. The molecule has 2 rings (SSSR count). The summed E-state index contributed by atoms with van der Waals surface area (Å²) in [5.41, 5.74) is 5.97. The molecule has 1 aromatic rings. The standard InChI is InChI=1S/C10H8F4N2O/c11-7-1-5-3-16(9(17)10(12,13)14)4-6(5)2-8(7)15/h1-2H,3-4,15H2. The molecule has 0 aromatic heterocycles. The molecule has 0 saturated heterocycles. The number of nitrogens with two attached hydrogens (primary N) is 1. The maximum absolute atomic E-state index is 13.1. The second-order valence-electron chi connectivity index (χ2n) is 3.80. The third kappa shape index (κ3) is 2.04. The van der Waals surface area contributed by atoms with Gasteiger partial charge in [0.25, 0.3) is 0 Å². The lowest BCUT2D eigenvalue weighted by Crippen LogP contribution is -2.37. The Balaban J connectivity index is 2.25. The van der Waals surface area contributed by atoms with Gasteiger partial charge in [-0.25, -0.2) is 4.39 Å². The summed E-state index contributed by atoms with van der Waals surface area (Å²) in [5, 5.41) is 0. The molecule has 17 heavy (non-hydrogen) atoms. The number of nitrogens with zero attached hydrogens (tertiary/aromatic N) is 1. The Bertz CT molecular complexity index is 453. The highest BCUT2D eigenvalue weighted by atomic mass is 19.4. The Hall–Kier alpha value is -1.79. The van der Waals surface area contributed by atoms with E-state index in [2.05, 4.69) is 0 Å². The minimum Gasteiger partial charge on any atom is -0.396 e. The molecule has 1 aromatic carbocycles. The summed E-state index contributed by atoms with van der Waals surface area (Å²) < 4.78 is 49.7. The zero-order chi connectivity index (χ0) is 12.8. The average molecular weight is 248 g/mol. The van der Waals surface area contributed by atoms with Crippen LogP contribution < -0.4 is 5.73 Å². The monoisotopic (exact) mass is 248 g/mol. The van der Waals surface area contributed by atoms with E-state index < -0.39 is 17.9 Å². The Morgan fingerprint density at radius 2 is 1.76 bits per heavy atom. The smallest absolute Gasteiger partial charge is 0.396 e. The number of anilines is 1. The van der Waals surface area contributed by atoms with Gasteiger partial charge in [0, 0.05) is 13.1 Å². The van der Waals surface area contributed by atoms with Crippen LogP contribution in [0.15, 0.2) is 12.1 Å². The van der Waals surface area contributed by atoms with Gasteiger partial charge in [0.1, 0.15) is 5.82 Å². The molecule has 0 radical (unpaired) electrons. The number of fused-ring (bicyclic) bond motifs is 1. The van der Waals surface area contributed by atoms with E-state index in [0.29, 0.717) is 16.0 Å². The summed E-state index contributed by atoms with van der Waals surface area (Å²) in [6, 6.07) is 2.32. The largest absolute Gasteiger partial charge is 0.471 e. The highest BCUT2D eigenvalue weighted by molar-refractivity contribution is 5.82. The molecule has 1 aliphatic heterocycles. The normalized spacial score (nSPS) is 14.9. The summed E-state index contributed by atoms with van der Waals surface area (Å²) in [5.74, 6) is -2.61. The first-order valence-corrected chi connectivity index (χ1v) is 4.72. The maximum Gasteiger partial charge on any atom is 0.471 e. The van der Waals surface area contributed by atoms with Crippen molar-refractivity contribution in [1.82, 2.24) is 4.90 Å². The van der Waals surface area contributed by atoms with Crippen molar-refractivity contribution < 1.29 is 22.4 Å². The van der Waals surface area contributed by atoms with Crippen molar-refractivity contribution in [2.75, 3.05) is 5.73 Å². The van der Waals surface area contributed by atoms with Gasteiger partial charge in [-0.2, -0.15) is 13.2 Å². The van der Waals surface area contributed by atoms with Crippen LogP contribution in [0.4, 0.5) is 23.2 Å². The van der Waals surface area contributed by atoms with Crippen LogP contribution >= 0.6 is 0 Å². The predicted molar refractivity (Wildman–Crippen MR) is 51.1 cm³/mol. The molecular formula is C10H8F4N2O. The summed E-state index contributed by atoms with van der Waals surface area (Å²) >= 11 is 0. The topological polar surface area (TPSA) is 46.3 Å². The molecule has 1 heterocycles. The van der Waals surface area contributed by atoms with Crippen LogP contribution in [0.25, 0.3) is 0 Å². The van der Waals surface area contributed by atoms with Gasteiger partial charge in [-0.3, -0.25) is 4.79 Å². The minimum absolute atomic E-state index is 0.134. The van der Waals surface area contributed by atoms with E-state index >= 15 is 0 Å². The van der Waals surface area contributed by atoms with Crippen LogP contribution in [0.2, 0.25) is 0 Å². The zero-order valence-corrected chi connectivity index (χ0v) is 8.51. The van der Waals surface area contributed by atoms with Crippen molar-refractivity contribution in [1.29, 1.82) is 0 Å². The van der Waals surface area contributed by atoms with E-state index in [1.54, 1.807) is 0 Å². The third-order valence-electron chi connectivity index (χ3n) is 2.57. The highest BCUT2D eigenvalue weighted by Gasteiger charge is 2.44. The predicted octanol–water partition coefficient (Wildman–Crippen LogP) is 1.81. The minimum atomic E-state index is -4.91. The fraction of sp³-hybridized carbons (Fsp3) is 0.300. The van der Waals surface area contributed by atoms with Crippen LogP contribution in [-0.2, 0) is 17.9 Å². The number of carbonyl (C=O) groups is 1. The Morgan fingerprint density at radius 3 is 2.29 bits per heavy atom. The van der Waals surface area contributed by atoms with Crippen LogP contribution in [0.5, 0.6) is 0 Å². The lowest BCUT2D eigenvalue weighted by atomic mass is 10.1. The van der Waals surface area contributed by atoms with Crippen LogP contribution in [-0.4, -0.2) is 17.0 Å². The fourth-order valence-corrected chi connectivity index (χ4v) is 1.76. The quantitative estimate of drug-likeness (QED) is 0.562. The Morgan fingerprint density at radius 1 is 1.24 bits per heavy atom. The van der Waals surface area contributed by atoms with Crippen LogP contribution in [0.3, 0.4) is 0 Å². The van der Waals surface area contributed by atoms with Crippen molar-refractivity contribution >= 4 is 11.6 Å². The van der Waals surface area contributed by atoms with E-state index in [1.807, 2.05) is 0 Å². The van der Waals surface area contributed by atoms with Crippen molar-refractivity contribution in [3.63, 3.8) is 0 Å². The van der Waals surface area contributed by atoms with Gasteiger partial charge in [-0.1, -0.05) is 0 Å². The average Bonchev–Trinajstić information content (AvgIpc) is 2.59.